The maximum Gasteiger partial charge on any atom is 0.204 e. The van der Waals surface area contributed by atoms with Gasteiger partial charge in [-0.1, -0.05) is 61.4 Å². The van der Waals surface area contributed by atoms with Gasteiger partial charge in [0.1, 0.15) is 0 Å². The molecule has 1 aromatic heterocycles. The number of aryl methyl sites for hydroxylation is 2. The number of hydrogen-bond acceptors (Lipinski definition) is 5. The summed E-state index contributed by atoms with van der Waals surface area (Å²) in [6, 6.07) is 16.5. The van der Waals surface area contributed by atoms with Crippen LogP contribution in [0.2, 0.25) is 0 Å². The van der Waals surface area contributed by atoms with Gasteiger partial charge in [0.15, 0.2) is 15.7 Å². The number of sulfone groups is 1. The van der Waals surface area contributed by atoms with E-state index in [4.69, 9.17) is 17.3 Å². The van der Waals surface area contributed by atoms with Crippen LogP contribution in [-0.4, -0.2) is 51.8 Å². The highest BCUT2D eigenvalue weighted by Crippen LogP contribution is 2.25. The molecule has 4 rings (SSSR count). The summed E-state index contributed by atoms with van der Waals surface area (Å²) < 4.78 is 28.8. The summed E-state index contributed by atoms with van der Waals surface area (Å²) in [7, 11) is -2.98. The van der Waals surface area contributed by atoms with Crippen LogP contribution in [0.5, 0.6) is 0 Å². The van der Waals surface area contributed by atoms with Crippen molar-refractivity contribution < 1.29 is 8.42 Å². The van der Waals surface area contributed by atoms with Gasteiger partial charge in [-0.05, 0) is 50.5 Å². The lowest BCUT2D eigenvalue weighted by molar-refractivity contribution is 0.137. The van der Waals surface area contributed by atoms with Gasteiger partial charge in [0.25, 0.3) is 0 Å². The van der Waals surface area contributed by atoms with E-state index in [0.717, 1.165) is 23.6 Å². The summed E-state index contributed by atoms with van der Waals surface area (Å²) in [5.41, 5.74) is 4.32. The predicted molar refractivity (Wildman–Crippen MR) is 136 cm³/mol. The molecule has 2 aromatic carbocycles. The Morgan fingerprint density at radius 1 is 1.06 bits per heavy atom. The van der Waals surface area contributed by atoms with Crippen molar-refractivity contribution in [2.45, 2.75) is 46.8 Å². The zero-order valence-electron chi connectivity index (χ0n) is 19.7. The molecule has 176 valence electrons. The van der Waals surface area contributed by atoms with Gasteiger partial charge in [-0.2, -0.15) is 0 Å². The highest BCUT2D eigenvalue weighted by molar-refractivity contribution is 7.91. The topological polar surface area (TPSA) is 60.1 Å². The largest absolute Gasteiger partial charge is 0.280 e. The lowest BCUT2D eigenvalue weighted by Crippen LogP contribution is -2.40. The molecule has 33 heavy (non-hydrogen) atoms. The van der Waals surface area contributed by atoms with Crippen LogP contribution in [-0.2, 0) is 16.5 Å². The zero-order chi connectivity index (χ0) is 23.8. The van der Waals surface area contributed by atoms with E-state index >= 15 is 0 Å². The van der Waals surface area contributed by atoms with E-state index in [9.17, 15) is 8.42 Å². The smallest absolute Gasteiger partial charge is 0.204 e. The first kappa shape index (κ1) is 23.9. The Labute approximate surface area is 201 Å². The Hall–Kier alpha value is -2.29. The van der Waals surface area contributed by atoms with E-state index < -0.39 is 9.84 Å². The first-order valence-electron chi connectivity index (χ1n) is 11.4. The van der Waals surface area contributed by atoms with Crippen LogP contribution in [0.15, 0.2) is 48.5 Å². The summed E-state index contributed by atoms with van der Waals surface area (Å²) in [5, 5.41) is 4.95. The molecule has 0 bridgehead atoms. The fourth-order valence-electron chi connectivity index (χ4n) is 4.34. The summed E-state index contributed by atoms with van der Waals surface area (Å²) >= 11 is 5.92. The van der Waals surface area contributed by atoms with Gasteiger partial charge in [-0.15, -0.1) is 5.10 Å². The summed E-state index contributed by atoms with van der Waals surface area (Å²) in [5.74, 6) is 1.64. The van der Waals surface area contributed by atoms with Crippen LogP contribution >= 0.6 is 12.2 Å². The molecule has 1 aliphatic heterocycles. The van der Waals surface area contributed by atoms with Crippen molar-refractivity contribution in [3.63, 3.8) is 0 Å². The number of aromatic nitrogens is 3. The van der Waals surface area contributed by atoms with Gasteiger partial charge < -0.3 is 0 Å². The quantitative estimate of drug-likeness (QED) is 0.451. The molecule has 1 fully saturated rings. The number of nitrogens with zero attached hydrogens (tertiary/aromatic N) is 4. The van der Waals surface area contributed by atoms with Gasteiger partial charge in [-0.3, -0.25) is 9.47 Å². The molecule has 3 aromatic rings. The highest BCUT2D eigenvalue weighted by atomic mass is 32.2. The maximum atomic E-state index is 12.2. The minimum Gasteiger partial charge on any atom is -0.280 e. The fourth-order valence-corrected chi connectivity index (χ4v) is 6.39. The first-order valence-corrected chi connectivity index (χ1v) is 13.6. The molecule has 1 atom stereocenters. The van der Waals surface area contributed by atoms with Crippen LogP contribution in [0, 0.1) is 24.5 Å². The number of benzene rings is 2. The Kier molecular flexibility index (Phi) is 6.88. The van der Waals surface area contributed by atoms with Gasteiger partial charge in [0, 0.05) is 23.8 Å². The lowest BCUT2D eigenvalue weighted by atomic mass is 10.1. The van der Waals surface area contributed by atoms with Crippen molar-refractivity contribution in [1.82, 2.24) is 19.2 Å². The normalized spacial score (nSPS) is 17.8. The first-order chi connectivity index (χ1) is 15.6. The molecule has 1 aliphatic rings. The molecule has 0 aliphatic carbocycles. The third kappa shape index (κ3) is 5.45. The van der Waals surface area contributed by atoms with E-state index in [-0.39, 0.29) is 17.5 Å². The molecular formula is C25H32N4O2S2. The molecule has 0 saturated carbocycles. The van der Waals surface area contributed by atoms with E-state index in [1.165, 1.54) is 11.1 Å². The van der Waals surface area contributed by atoms with Crippen molar-refractivity contribution >= 4 is 22.1 Å². The summed E-state index contributed by atoms with van der Waals surface area (Å²) in [6.07, 6.45) is 0.659. The predicted octanol–water partition coefficient (Wildman–Crippen LogP) is 4.79. The Morgan fingerprint density at radius 3 is 2.21 bits per heavy atom. The second kappa shape index (κ2) is 9.52. The van der Waals surface area contributed by atoms with E-state index in [1.807, 2.05) is 9.25 Å². The number of rotatable bonds is 7. The summed E-state index contributed by atoms with van der Waals surface area (Å²) in [4.78, 5) is 2.23. The number of hydrogen-bond donors (Lipinski definition) is 0. The average Bonchev–Trinajstić information content (AvgIpc) is 3.28. The third-order valence-electron chi connectivity index (χ3n) is 6.08. The molecule has 0 spiro atoms. The van der Waals surface area contributed by atoms with Crippen LogP contribution in [0.1, 0.15) is 31.4 Å². The van der Waals surface area contributed by atoms with E-state index in [2.05, 4.69) is 81.1 Å². The summed E-state index contributed by atoms with van der Waals surface area (Å²) in [6.45, 7) is 9.69. The van der Waals surface area contributed by atoms with Crippen molar-refractivity contribution in [2.75, 3.05) is 18.1 Å². The molecule has 0 radical (unpaired) electrons. The lowest BCUT2D eigenvalue weighted by Gasteiger charge is -2.29. The van der Waals surface area contributed by atoms with E-state index in [0.29, 0.717) is 23.8 Å². The van der Waals surface area contributed by atoms with Gasteiger partial charge in [0.05, 0.1) is 18.2 Å². The maximum absolute atomic E-state index is 12.2. The van der Waals surface area contributed by atoms with Gasteiger partial charge in [-0.25, -0.2) is 13.1 Å². The second-order valence-corrected chi connectivity index (χ2v) is 12.1. The minimum absolute atomic E-state index is 0.00773. The second-order valence-electron chi connectivity index (χ2n) is 9.51. The third-order valence-corrected chi connectivity index (χ3v) is 8.23. The molecule has 1 saturated heterocycles. The van der Waals surface area contributed by atoms with E-state index in [1.54, 1.807) is 0 Å². The Balaban J connectivity index is 1.77. The molecule has 0 unspecified atom stereocenters. The molecule has 0 N–H and O–H groups in total. The van der Waals surface area contributed by atoms with Crippen LogP contribution in [0.3, 0.4) is 0 Å². The molecule has 2 heterocycles. The van der Waals surface area contributed by atoms with Crippen molar-refractivity contribution in [3.05, 3.63) is 64.4 Å². The molecule has 6 nitrogen and oxygen atoms in total. The van der Waals surface area contributed by atoms with Crippen molar-refractivity contribution in [2.24, 2.45) is 5.92 Å². The minimum atomic E-state index is -2.98. The zero-order valence-corrected chi connectivity index (χ0v) is 21.4. The molecule has 0 amide bonds. The van der Waals surface area contributed by atoms with Crippen LogP contribution in [0.4, 0.5) is 0 Å². The van der Waals surface area contributed by atoms with Crippen LogP contribution < -0.4 is 0 Å². The molecule has 8 heteroatoms. The van der Waals surface area contributed by atoms with Gasteiger partial charge in [0.2, 0.25) is 4.77 Å². The monoisotopic (exact) mass is 484 g/mol. The Morgan fingerprint density at radius 2 is 1.67 bits per heavy atom. The van der Waals surface area contributed by atoms with Gasteiger partial charge >= 0.3 is 0 Å². The fraction of sp³-hybridized carbons (Fsp3) is 0.440. The standard InChI is InChI=1S/C25H32N4O2S2/c1-18(2)15-27(23-13-14-33(30,31)16-23)17-28-25(32)29(22-11-7-20(4)8-12-22)24(26-28)21-9-5-19(3)6-10-21/h5-12,18,23H,13-17H2,1-4H3/t23-/m1/s1. The van der Waals surface area contributed by atoms with Crippen LogP contribution in [0.25, 0.3) is 17.1 Å². The van der Waals surface area contributed by atoms with Crippen molar-refractivity contribution in [1.29, 1.82) is 0 Å². The average molecular weight is 485 g/mol. The van der Waals surface area contributed by atoms with Crippen molar-refractivity contribution in [3.8, 4) is 17.1 Å². The molecular weight excluding hydrogens is 452 g/mol. The highest BCUT2D eigenvalue weighted by Gasteiger charge is 2.33. The Bertz CT molecular complexity index is 1270. The SMILES string of the molecule is Cc1ccc(-c2nn(CN(CC(C)C)[C@@H]3CCS(=O)(=O)C3)c(=S)n2-c2ccc(C)cc2)cc1.